The van der Waals surface area contributed by atoms with Gasteiger partial charge in [0.15, 0.2) is 0 Å². The monoisotopic (exact) mass is 346 g/mol. The fourth-order valence-corrected chi connectivity index (χ4v) is 2.91. The van der Waals surface area contributed by atoms with Gasteiger partial charge < -0.3 is 10.0 Å². The van der Waals surface area contributed by atoms with E-state index in [1.54, 1.807) is 0 Å². The molecule has 0 spiro atoms. The first kappa shape index (κ1) is 18.2. The number of rotatable bonds is 4. The zero-order chi connectivity index (χ0) is 18.1. The van der Waals surface area contributed by atoms with E-state index in [0.717, 1.165) is 18.9 Å². The molecule has 0 bridgehead atoms. The van der Waals surface area contributed by atoms with Crippen LogP contribution in [-0.4, -0.2) is 40.5 Å². The predicted molar refractivity (Wildman–Crippen MR) is 78.4 cm³/mol. The first-order valence-corrected chi connectivity index (χ1v) is 7.40. The van der Waals surface area contributed by atoms with Crippen molar-refractivity contribution in [3.8, 4) is 0 Å². The van der Waals surface area contributed by atoms with Gasteiger partial charge in [-0.2, -0.15) is 13.2 Å². The molecule has 0 heterocycles. The summed E-state index contributed by atoms with van der Waals surface area (Å²) in [5, 5.41) is 20.8. The Kier molecular flexibility index (Phi) is 5.12. The SMILES string of the molecule is CN(CC1CCCC1O)C(=O)c1ccc(C(F)(F)F)cc1[N+](=O)[O-]. The normalized spacial score (nSPS) is 20.9. The molecule has 6 nitrogen and oxygen atoms in total. The van der Waals surface area contributed by atoms with Crippen LogP contribution in [0.25, 0.3) is 0 Å². The second kappa shape index (κ2) is 6.76. The maximum Gasteiger partial charge on any atom is 0.416 e. The molecule has 1 fully saturated rings. The van der Waals surface area contributed by atoms with E-state index in [-0.39, 0.29) is 12.5 Å². The third-order valence-corrected chi connectivity index (χ3v) is 4.23. The van der Waals surface area contributed by atoms with E-state index in [2.05, 4.69) is 0 Å². The highest BCUT2D eigenvalue weighted by Crippen LogP contribution is 2.33. The Morgan fingerprint density at radius 3 is 2.58 bits per heavy atom. The smallest absolute Gasteiger partial charge is 0.393 e. The third kappa shape index (κ3) is 3.84. The van der Waals surface area contributed by atoms with Gasteiger partial charge >= 0.3 is 6.18 Å². The third-order valence-electron chi connectivity index (χ3n) is 4.23. The Balaban J connectivity index is 2.26. The lowest BCUT2D eigenvalue weighted by Gasteiger charge is -2.23. The summed E-state index contributed by atoms with van der Waals surface area (Å²) in [6, 6.07) is 1.84. The van der Waals surface area contributed by atoms with Crippen molar-refractivity contribution in [2.24, 2.45) is 5.92 Å². The number of hydrogen-bond acceptors (Lipinski definition) is 4. The van der Waals surface area contributed by atoms with Gasteiger partial charge in [0, 0.05) is 25.6 Å². The van der Waals surface area contributed by atoms with Crippen LogP contribution in [0.5, 0.6) is 0 Å². The summed E-state index contributed by atoms with van der Waals surface area (Å²) >= 11 is 0. The summed E-state index contributed by atoms with van der Waals surface area (Å²) in [4.78, 5) is 23.6. The van der Waals surface area contributed by atoms with Crippen molar-refractivity contribution in [1.82, 2.24) is 4.90 Å². The number of benzene rings is 1. The molecule has 1 aromatic carbocycles. The highest BCUT2D eigenvalue weighted by Gasteiger charge is 2.35. The number of carbonyl (C=O) groups is 1. The van der Waals surface area contributed by atoms with Crippen LogP contribution in [0.3, 0.4) is 0 Å². The Morgan fingerprint density at radius 1 is 1.42 bits per heavy atom. The molecule has 0 aromatic heterocycles. The van der Waals surface area contributed by atoms with Gasteiger partial charge in [-0.05, 0) is 25.0 Å². The molecule has 1 amide bonds. The number of nitrogens with zero attached hydrogens (tertiary/aromatic N) is 2. The number of aliphatic hydroxyl groups excluding tert-OH is 1. The van der Waals surface area contributed by atoms with Crippen molar-refractivity contribution < 1.29 is 28.0 Å². The largest absolute Gasteiger partial charge is 0.416 e. The standard InChI is InChI=1S/C15H17F3N2O4/c1-19(8-9-3-2-4-13(9)21)14(22)11-6-5-10(15(16,17)18)7-12(11)20(23)24/h5-7,9,13,21H,2-4,8H2,1H3. The van der Waals surface area contributed by atoms with Gasteiger partial charge in [-0.3, -0.25) is 14.9 Å². The number of carbonyl (C=O) groups excluding carboxylic acids is 1. The zero-order valence-electron chi connectivity index (χ0n) is 12.9. The van der Waals surface area contributed by atoms with Crippen LogP contribution < -0.4 is 0 Å². The van der Waals surface area contributed by atoms with Crippen LogP contribution in [-0.2, 0) is 6.18 Å². The molecule has 0 saturated heterocycles. The maximum atomic E-state index is 12.7. The number of halogens is 3. The molecule has 2 atom stereocenters. The maximum absolute atomic E-state index is 12.7. The minimum absolute atomic E-state index is 0.132. The van der Waals surface area contributed by atoms with Crippen LogP contribution >= 0.6 is 0 Å². The van der Waals surface area contributed by atoms with Crippen LogP contribution in [0.15, 0.2) is 18.2 Å². The Morgan fingerprint density at radius 2 is 2.08 bits per heavy atom. The molecule has 2 rings (SSSR count). The lowest BCUT2D eigenvalue weighted by Crippen LogP contribution is -2.34. The van der Waals surface area contributed by atoms with Crippen LogP contribution in [0.4, 0.5) is 18.9 Å². The van der Waals surface area contributed by atoms with Gasteiger partial charge in [-0.15, -0.1) is 0 Å². The minimum atomic E-state index is -4.73. The zero-order valence-corrected chi connectivity index (χ0v) is 12.9. The molecule has 0 radical (unpaired) electrons. The molecule has 1 aliphatic carbocycles. The number of hydrogen-bond donors (Lipinski definition) is 1. The van der Waals surface area contributed by atoms with Crippen LogP contribution in [0, 0.1) is 16.0 Å². The van der Waals surface area contributed by atoms with Crippen molar-refractivity contribution in [1.29, 1.82) is 0 Å². The molecular weight excluding hydrogens is 329 g/mol. The first-order valence-electron chi connectivity index (χ1n) is 7.40. The number of amides is 1. The van der Waals surface area contributed by atoms with Crippen molar-refractivity contribution in [2.75, 3.05) is 13.6 Å². The molecule has 9 heteroatoms. The van der Waals surface area contributed by atoms with Crippen molar-refractivity contribution >= 4 is 11.6 Å². The van der Waals surface area contributed by atoms with E-state index in [4.69, 9.17) is 0 Å². The summed E-state index contributed by atoms with van der Waals surface area (Å²) in [5.41, 5.74) is -2.46. The summed E-state index contributed by atoms with van der Waals surface area (Å²) in [7, 11) is 1.41. The molecule has 2 unspecified atom stereocenters. The Hall–Kier alpha value is -2.16. The number of aliphatic hydroxyl groups is 1. The van der Waals surface area contributed by atoms with Crippen LogP contribution in [0.2, 0.25) is 0 Å². The van der Waals surface area contributed by atoms with E-state index >= 15 is 0 Å². The number of nitro benzene ring substituents is 1. The lowest BCUT2D eigenvalue weighted by molar-refractivity contribution is -0.385. The molecular formula is C15H17F3N2O4. The molecule has 132 valence electrons. The topological polar surface area (TPSA) is 83.7 Å². The van der Waals surface area contributed by atoms with E-state index < -0.39 is 39.9 Å². The van der Waals surface area contributed by atoms with E-state index in [1.807, 2.05) is 0 Å². The average molecular weight is 346 g/mol. The van der Waals surface area contributed by atoms with Crippen molar-refractivity contribution in [3.05, 3.63) is 39.4 Å². The Bertz CT molecular complexity index is 648. The second-order valence-electron chi connectivity index (χ2n) is 5.93. The molecule has 0 aliphatic heterocycles. The second-order valence-corrected chi connectivity index (χ2v) is 5.93. The van der Waals surface area contributed by atoms with E-state index in [1.165, 1.54) is 11.9 Å². The fourth-order valence-electron chi connectivity index (χ4n) is 2.91. The van der Waals surface area contributed by atoms with Gasteiger partial charge in [0.1, 0.15) is 5.56 Å². The highest BCUT2D eigenvalue weighted by atomic mass is 19.4. The first-order chi connectivity index (χ1) is 11.1. The average Bonchev–Trinajstić information content (AvgIpc) is 2.90. The van der Waals surface area contributed by atoms with E-state index in [9.17, 15) is 33.2 Å². The van der Waals surface area contributed by atoms with Gasteiger partial charge in [-0.25, -0.2) is 0 Å². The lowest BCUT2D eigenvalue weighted by atomic mass is 10.0. The molecule has 1 aliphatic rings. The summed E-state index contributed by atoms with van der Waals surface area (Å²) < 4.78 is 38.1. The molecule has 1 N–H and O–H groups in total. The van der Waals surface area contributed by atoms with Crippen molar-refractivity contribution in [2.45, 2.75) is 31.5 Å². The predicted octanol–water partition coefficient (Wildman–Crippen LogP) is 2.85. The van der Waals surface area contributed by atoms with Crippen molar-refractivity contribution in [3.63, 3.8) is 0 Å². The van der Waals surface area contributed by atoms with E-state index in [0.29, 0.717) is 18.6 Å². The number of nitro groups is 1. The summed E-state index contributed by atoms with van der Waals surface area (Å²) in [6.07, 6.45) is -3.08. The Labute approximate surface area is 136 Å². The minimum Gasteiger partial charge on any atom is -0.393 e. The quantitative estimate of drug-likeness (QED) is 0.671. The van der Waals surface area contributed by atoms with Gasteiger partial charge in [-0.1, -0.05) is 6.42 Å². The molecule has 1 saturated carbocycles. The van der Waals surface area contributed by atoms with Gasteiger partial charge in [0.05, 0.1) is 16.6 Å². The fraction of sp³-hybridized carbons (Fsp3) is 0.533. The summed E-state index contributed by atoms with van der Waals surface area (Å²) in [5.74, 6) is -0.873. The van der Waals surface area contributed by atoms with Gasteiger partial charge in [0.25, 0.3) is 11.6 Å². The van der Waals surface area contributed by atoms with Crippen LogP contribution in [0.1, 0.15) is 35.2 Å². The molecule has 24 heavy (non-hydrogen) atoms. The van der Waals surface area contributed by atoms with Gasteiger partial charge in [0.2, 0.25) is 0 Å². The molecule has 1 aromatic rings. The highest BCUT2D eigenvalue weighted by molar-refractivity contribution is 5.98. The summed E-state index contributed by atoms with van der Waals surface area (Å²) in [6.45, 7) is 0.193. The number of alkyl halides is 3.